The van der Waals surface area contributed by atoms with Gasteiger partial charge in [-0.1, -0.05) is 0 Å². The molecule has 13 heteroatoms. The average molecular weight is 622 g/mol. The molecular formula is C27H31BrF3N7O2. The summed E-state index contributed by atoms with van der Waals surface area (Å²) < 4.78 is 52.2. The molecule has 2 saturated heterocycles. The highest BCUT2D eigenvalue weighted by Gasteiger charge is 2.49. The Balaban J connectivity index is 1.52. The van der Waals surface area contributed by atoms with Crippen LogP contribution in [0.15, 0.2) is 10.5 Å². The van der Waals surface area contributed by atoms with Crippen LogP contribution in [0.4, 0.5) is 13.2 Å². The summed E-state index contributed by atoms with van der Waals surface area (Å²) in [6.07, 6.45) is 1.92. The largest absolute Gasteiger partial charge is 0.461 e. The van der Waals surface area contributed by atoms with Gasteiger partial charge >= 0.3 is 6.01 Å². The Labute approximate surface area is 238 Å². The van der Waals surface area contributed by atoms with Gasteiger partial charge in [-0.3, -0.25) is 14.4 Å². The minimum absolute atomic E-state index is 0.0922. The number of rotatable bonds is 6. The minimum atomic E-state index is -0.939. The van der Waals surface area contributed by atoms with E-state index in [4.69, 9.17) is 4.74 Å². The molecule has 0 aliphatic carbocycles. The van der Waals surface area contributed by atoms with E-state index in [0.717, 1.165) is 38.4 Å². The number of fused-ring (bicyclic) bond motifs is 3. The molecule has 0 unspecified atom stereocenters. The summed E-state index contributed by atoms with van der Waals surface area (Å²) in [6, 6.07) is 0.869. The number of nitrogens with zero attached hydrogens (tertiary/aromatic N) is 5. The van der Waals surface area contributed by atoms with Crippen LogP contribution >= 0.6 is 15.9 Å². The number of nitrogens with one attached hydrogen (secondary N) is 2. The van der Waals surface area contributed by atoms with Crippen molar-refractivity contribution in [1.29, 1.82) is 0 Å². The third-order valence-corrected chi connectivity index (χ3v) is 8.71. The molecule has 6 rings (SSSR count). The van der Waals surface area contributed by atoms with Crippen LogP contribution in [0.3, 0.4) is 0 Å². The van der Waals surface area contributed by atoms with Gasteiger partial charge in [-0.05, 0) is 68.2 Å². The lowest BCUT2D eigenvalue weighted by Gasteiger charge is -2.30. The van der Waals surface area contributed by atoms with Gasteiger partial charge in [0.25, 0.3) is 5.91 Å². The Bertz CT molecular complexity index is 1480. The molecule has 214 valence electrons. The summed E-state index contributed by atoms with van der Waals surface area (Å²) in [7, 11) is 0. The molecule has 3 aliphatic heterocycles. The minimum Gasteiger partial charge on any atom is -0.461 e. The molecule has 2 N–H and O–H groups in total. The first-order valence-corrected chi connectivity index (χ1v) is 14.4. The molecule has 5 heterocycles. The molecule has 0 radical (unpaired) electrons. The third kappa shape index (κ3) is 4.75. The Hall–Kier alpha value is -2.77. The van der Waals surface area contributed by atoms with Crippen molar-refractivity contribution < 1.29 is 22.7 Å². The van der Waals surface area contributed by atoms with Gasteiger partial charge in [0, 0.05) is 37.5 Å². The number of hydrogen-bond acceptors (Lipinski definition) is 7. The summed E-state index contributed by atoms with van der Waals surface area (Å²) in [5.74, 6) is -2.15. The van der Waals surface area contributed by atoms with Crippen molar-refractivity contribution in [3.05, 3.63) is 33.6 Å². The van der Waals surface area contributed by atoms with Crippen molar-refractivity contribution in [2.75, 3.05) is 26.2 Å². The zero-order valence-electron chi connectivity index (χ0n) is 22.4. The van der Waals surface area contributed by atoms with E-state index in [-0.39, 0.29) is 45.4 Å². The number of amides is 1. The zero-order chi connectivity index (χ0) is 28.2. The van der Waals surface area contributed by atoms with Gasteiger partial charge in [-0.25, -0.2) is 13.2 Å². The Morgan fingerprint density at radius 3 is 2.92 bits per heavy atom. The number of aryl methyl sites for hydroxylation is 1. The molecule has 1 aromatic carbocycles. The highest BCUT2D eigenvalue weighted by molar-refractivity contribution is 9.10. The highest BCUT2D eigenvalue weighted by atomic mass is 79.9. The van der Waals surface area contributed by atoms with E-state index in [1.54, 1.807) is 4.68 Å². The fourth-order valence-corrected chi connectivity index (χ4v) is 6.52. The van der Waals surface area contributed by atoms with Crippen LogP contribution in [0, 0.1) is 11.6 Å². The van der Waals surface area contributed by atoms with Gasteiger partial charge in [-0.2, -0.15) is 15.1 Å². The molecule has 0 saturated carbocycles. The standard InChI is InChI=1S/C27H31BrF3N7O2/c1-14(2)33-25(39)24-19(18-11-32-6-4-8-38(18)36-24)22-16-9-17(30)20(28)21(31)23(16)35-26(34-22)40-13-27-5-3-7-37(27)12-15(29)10-27/h9,14-15,32H,3-8,10-13H2,1-2H3,(H,33,39)/t15-,27+/m1/s1. The normalized spacial score (nSPS) is 22.9. The summed E-state index contributed by atoms with van der Waals surface area (Å²) >= 11 is 2.98. The number of alkyl halides is 1. The Morgan fingerprint density at radius 2 is 2.12 bits per heavy atom. The molecule has 9 nitrogen and oxygen atoms in total. The fourth-order valence-electron chi connectivity index (χ4n) is 6.21. The second kappa shape index (κ2) is 10.6. The van der Waals surface area contributed by atoms with E-state index in [1.165, 1.54) is 0 Å². The fraction of sp³-hybridized carbons (Fsp3) is 0.556. The Kier molecular flexibility index (Phi) is 7.24. The molecular weight excluding hydrogens is 591 g/mol. The second-order valence-electron chi connectivity index (χ2n) is 11.2. The van der Waals surface area contributed by atoms with E-state index in [9.17, 15) is 13.6 Å². The first kappa shape index (κ1) is 27.4. The van der Waals surface area contributed by atoms with E-state index in [2.05, 4.69) is 46.5 Å². The van der Waals surface area contributed by atoms with Crippen LogP contribution in [0.1, 0.15) is 55.7 Å². The number of benzene rings is 1. The third-order valence-electron chi connectivity index (χ3n) is 7.98. The van der Waals surface area contributed by atoms with Crippen molar-refractivity contribution in [2.24, 2.45) is 0 Å². The van der Waals surface area contributed by atoms with Crippen molar-refractivity contribution in [3.8, 4) is 17.3 Å². The van der Waals surface area contributed by atoms with Crippen molar-refractivity contribution in [2.45, 2.75) is 70.4 Å². The maximum atomic E-state index is 15.5. The Morgan fingerprint density at radius 1 is 1.30 bits per heavy atom. The summed E-state index contributed by atoms with van der Waals surface area (Å²) in [6.45, 7) is 6.66. The van der Waals surface area contributed by atoms with Gasteiger partial charge < -0.3 is 15.4 Å². The first-order valence-electron chi connectivity index (χ1n) is 13.7. The molecule has 2 aromatic heterocycles. The van der Waals surface area contributed by atoms with Gasteiger partial charge in [0.15, 0.2) is 11.5 Å². The summed E-state index contributed by atoms with van der Waals surface area (Å²) in [4.78, 5) is 24.4. The monoisotopic (exact) mass is 621 g/mol. The molecule has 0 bridgehead atoms. The van der Waals surface area contributed by atoms with E-state index >= 15 is 4.39 Å². The molecule has 1 amide bonds. The zero-order valence-corrected chi connectivity index (χ0v) is 24.0. The molecule has 2 fully saturated rings. The number of hydrogen-bond donors (Lipinski definition) is 2. The van der Waals surface area contributed by atoms with Gasteiger partial charge in [-0.15, -0.1) is 0 Å². The lowest BCUT2D eigenvalue weighted by molar-refractivity contribution is 0.0937. The first-order chi connectivity index (χ1) is 19.2. The molecule has 2 atom stereocenters. The van der Waals surface area contributed by atoms with Crippen LogP contribution in [0.5, 0.6) is 6.01 Å². The van der Waals surface area contributed by atoms with Crippen molar-refractivity contribution in [3.63, 3.8) is 0 Å². The average Bonchev–Trinajstić information content (AvgIpc) is 3.49. The molecule has 3 aliphatic rings. The molecule has 40 heavy (non-hydrogen) atoms. The van der Waals surface area contributed by atoms with Gasteiger partial charge in [0.2, 0.25) is 0 Å². The van der Waals surface area contributed by atoms with E-state index < -0.39 is 29.3 Å². The lowest BCUT2D eigenvalue weighted by atomic mass is 9.95. The SMILES string of the molecule is CC(C)NC(=O)c1nn2c(c1-c1nc(OC[C@@]34CCCN3C[C@H](F)C4)nc3c(F)c(Br)c(F)cc13)CNCCC2. The number of carbonyl (C=O) groups is 1. The molecule has 0 spiro atoms. The van der Waals surface area contributed by atoms with Crippen LogP contribution in [-0.4, -0.2) is 74.5 Å². The smallest absolute Gasteiger partial charge is 0.317 e. The van der Waals surface area contributed by atoms with Crippen molar-refractivity contribution in [1.82, 2.24) is 35.3 Å². The number of ether oxygens (including phenoxy) is 1. The predicted molar refractivity (Wildman–Crippen MR) is 146 cm³/mol. The van der Waals surface area contributed by atoms with Crippen LogP contribution in [-0.2, 0) is 13.1 Å². The van der Waals surface area contributed by atoms with Gasteiger partial charge in [0.1, 0.15) is 24.1 Å². The topological polar surface area (TPSA) is 97.2 Å². The summed E-state index contributed by atoms with van der Waals surface area (Å²) in [5, 5.41) is 10.9. The van der Waals surface area contributed by atoms with Crippen LogP contribution in [0.2, 0.25) is 0 Å². The highest BCUT2D eigenvalue weighted by Crippen LogP contribution is 2.41. The van der Waals surface area contributed by atoms with Crippen molar-refractivity contribution >= 4 is 32.7 Å². The maximum Gasteiger partial charge on any atom is 0.317 e. The quantitative estimate of drug-likeness (QED) is 0.400. The predicted octanol–water partition coefficient (Wildman–Crippen LogP) is 4.12. The van der Waals surface area contributed by atoms with E-state index in [0.29, 0.717) is 37.3 Å². The van der Waals surface area contributed by atoms with Crippen LogP contribution in [0.25, 0.3) is 22.2 Å². The van der Waals surface area contributed by atoms with Crippen LogP contribution < -0.4 is 15.4 Å². The second-order valence-corrected chi connectivity index (χ2v) is 11.9. The number of aromatic nitrogens is 4. The number of carbonyl (C=O) groups excluding carboxylic acids is 1. The van der Waals surface area contributed by atoms with Gasteiger partial charge in [0.05, 0.1) is 27.0 Å². The number of halogens is 4. The molecule has 3 aromatic rings. The summed E-state index contributed by atoms with van der Waals surface area (Å²) in [5.41, 5.74) is 0.689. The van der Waals surface area contributed by atoms with E-state index in [1.807, 2.05) is 13.8 Å². The maximum absolute atomic E-state index is 15.5. The lowest BCUT2D eigenvalue weighted by Crippen LogP contribution is -2.43.